The number of nitrogens with one attached hydrogen (secondary N) is 1. The summed E-state index contributed by atoms with van der Waals surface area (Å²) in [4.78, 5) is 10.9. The molecule has 0 aliphatic rings. The molecule has 0 fully saturated rings. The zero-order valence-electron chi connectivity index (χ0n) is 10.8. The van der Waals surface area contributed by atoms with Crippen molar-refractivity contribution in [2.75, 3.05) is 13.7 Å². The van der Waals surface area contributed by atoms with Gasteiger partial charge in [-0.25, -0.2) is 0 Å². The second kappa shape index (κ2) is 7.07. The largest absolute Gasteiger partial charge is 0.469 e. The van der Waals surface area contributed by atoms with Gasteiger partial charge in [0.15, 0.2) is 0 Å². The third kappa shape index (κ3) is 5.00. The highest BCUT2D eigenvalue weighted by atomic mass is 16.5. The molecule has 0 unspecified atom stereocenters. The van der Waals surface area contributed by atoms with E-state index in [0.717, 1.165) is 13.0 Å². The Kier molecular flexibility index (Phi) is 5.70. The van der Waals surface area contributed by atoms with Gasteiger partial charge in [-0.2, -0.15) is 0 Å². The van der Waals surface area contributed by atoms with Crippen LogP contribution in [0, 0.1) is 6.92 Å². The Morgan fingerprint density at radius 3 is 2.59 bits per heavy atom. The lowest BCUT2D eigenvalue weighted by atomic mass is 10.1. The molecule has 0 spiro atoms. The molecule has 0 bridgehead atoms. The lowest BCUT2D eigenvalue weighted by Crippen LogP contribution is -2.20. The third-order valence-corrected chi connectivity index (χ3v) is 2.81. The van der Waals surface area contributed by atoms with Crippen LogP contribution in [0.2, 0.25) is 0 Å². The van der Waals surface area contributed by atoms with Gasteiger partial charge in [-0.1, -0.05) is 29.8 Å². The summed E-state index contributed by atoms with van der Waals surface area (Å²) in [5.41, 5.74) is 2.54. The number of carbonyl (C=O) groups is 1. The standard InChI is InChI=1S/C14H21NO2/c1-11-6-8-13(9-7-11)12(2)15-10-4-5-14(16)17-3/h6-9,12,15H,4-5,10H2,1-3H3/t12-/m1/s1. The fourth-order valence-electron chi connectivity index (χ4n) is 1.63. The Morgan fingerprint density at radius 1 is 1.35 bits per heavy atom. The van der Waals surface area contributed by atoms with Gasteiger partial charge in [0.2, 0.25) is 0 Å². The topological polar surface area (TPSA) is 38.3 Å². The van der Waals surface area contributed by atoms with Crippen LogP contribution < -0.4 is 5.32 Å². The van der Waals surface area contributed by atoms with Crippen LogP contribution in [-0.4, -0.2) is 19.6 Å². The first kappa shape index (κ1) is 13.7. The summed E-state index contributed by atoms with van der Waals surface area (Å²) < 4.78 is 4.59. The molecule has 3 heteroatoms. The van der Waals surface area contributed by atoms with Crippen LogP contribution in [0.25, 0.3) is 0 Å². The molecule has 1 N–H and O–H groups in total. The third-order valence-electron chi connectivity index (χ3n) is 2.81. The highest BCUT2D eigenvalue weighted by Crippen LogP contribution is 2.12. The maximum atomic E-state index is 10.9. The number of aryl methyl sites for hydroxylation is 1. The van der Waals surface area contributed by atoms with Crippen LogP contribution >= 0.6 is 0 Å². The zero-order valence-corrected chi connectivity index (χ0v) is 10.8. The molecule has 0 radical (unpaired) electrons. The molecule has 0 aliphatic carbocycles. The van der Waals surface area contributed by atoms with Crippen LogP contribution in [0.3, 0.4) is 0 Å². The molecule has 1 aromatic rings. The molecule has 0 amide bonds. The van der Waals surface area contributed by atoms with Crippen LogP contribution in [0.4, 0.5) is 0 Å². The number of carbonyl (C=O) groups excluding carboxylic acids is 1. The monoisotopic (exact) mass is 235 g/mol. The van der Waals surface area contributed by atoms with Gasteiger partial charge in [-0.3, -0.25) is 4.79 Å². The molecule has 0 heterocycles. The van der Waals surface area contributed by atoms with Gasteiger partial charge in [0.1, 0.15) is 0 Å². The molecule has 0 saturated heterocycles. The van der Waals surface area contributed by atoms with Gasteiger partial charge in [0.05, 0.1) is 7.11 Å². The Balaban J connectivity index is 2.27. The van der Waals surface area contributed by atoms with Crippen molar-refractivity contribution in [1.82, 2.24) is 5.32 Å². The first-order valence-corrected chi connectivity index (χ1v) is 6.00. The van der Waals surface area contributed by atoms with Crippen molar-refractivity contribution >= 4 is 5.97 Å². The Hall–Kier alpha value is -1.35. The molecular formula is C14H21NO2. The predicted octanol–water partition coefficient (Wildman–Crippen LogP) is 2.60. The average Bonchev–Trinajstić information content (AvgIpc) is 2.34. The zero-order chi connectivity index (χ0) is 12.7. The molecule has 0 aromatic heterocycles. The first-order chi connectivity index (χ1) is 8.13. The van der Waals surface area contributed by atoms with Crippen molar-refractivity contribution in [2.24, 2.45) is 0 Å². The molecule has 0 saturated carbocycles. The van der Waals surface area contributed by atoms with Gasteiger partial charge in [0, 0.05) is 12.5 Å². The van der Waals surface area contributed by atoms with Gasteiger partial charge < -0.3 is 10.1 Å². The van der Waals surface area contributed by atoms with Crippen molar-refractivity contribution in [2.45, 2.75) is 32.7 Å². The lowest BCUT2D eigenvalue weighted by Gasteiger charge is -2.14. The van der Waals surface area contributed by atoms with Crippen molar-refractivity contribution in [1.29, 1.82) is 0 Å². The molecule has 1 aromatic carbocycles. The minimum atomic E-state index is -0.144. The van der Waals surface area contributed by atoms with E-state index in [1.165, 1.54) is 18.2 Å². The summed E-state index contributed by atoms with van der Waals surface area (Å²) >= 11 is 0. The van der Waals surface area contributed by atoms with Crippen molar-refractivity contribution in [3.8, 4) is 0 Å². The molecule has 1 rings (SSSR count). The molecular weight excluding hydrogens is 214 g/mol. The first-order valence-electron chi connectivity index (χ1n) is 6.00. The average molecular weight is 235 g/mol. The fraction of sp³-hybridized carbons (Fsp3) is 0.500. The Bertz CT molecular complexity index is 346. The second-order valence-corrected chi connectivity index (χ2v) is 4.27. The minimum absolute atomic E-state index is 0.144. The molecule has 1 atom stereocenters. The number of methoxy groups -OCH3 is 1. The van der Waals surface area contributed by atoms with E-state index in [-0.39, 0.29) is 5.97 Å². The van der Waals surface area contributed by atoms with Gasteiger partial charge in [-0.15, -0.1) is 0 Å². The lowest BCUT2D eigenvalue weighted by molar-refractivity contribution is -0.140. The highest BCUT2D eigenvalue weighted by molar-refractivity contribution is 5.69. The molecule has 94 valence electrons. The Morgan fingerprint density at radius 2 is 2.00 bits per heavy atom. The van der Waals surface area contributed by atoms with E-state index in [0.29, 0.717) is 12.5 Å². The van der Waals surface area contributed by atoms with E-state index in [1.807, 2.05) is 0 Å². The van der Waals surface area contributed by atoms with Crippen molar-refractivity contribution < 1.29 is 9.53 Å². The number of esters is 1. The van der Waals surface area contributed by atoms with Crippen LogP contribution in [0.1, 0.15) is 36.9 Å². The van der Waals surface area contributed by atoms with Crippen LogP contribution in [0.15, 0.2) is 24.3 Å². The van der Waals surface area contributed by atoms with Crippen LogP contribution in [-0.2, 0) is 9.53 Å². The predicted molar refractivity (Wildman–Crippen MR) is 68.8 cm³/mol. The van der Waals surface area contributed by atoms with Crippen LogP contribution in [0.5, 0.6) is 0 Å². The Labute approximate surface area is 103 Å². The van der Waals surface area contributed by atoms with E-state index in [4.69, 9.17) is 0 Å². The van der Waals surface area contributed by atoms with E-state index in [2.05, 4.69) is 48.2 Å². The van der Waals surface area contributed by atoms with Crippen molar-refractivity contribution in [3.63, 3.8) is 0 Å². The summed E-state index contributed by atoms with van der Waals surface area (Å²) in [5, 5.41) is 3.39. The maximum absolute atomic E-state index is 10.9. The minimum Gasteiger partial charge on any atom is -0.469 e. The molecule has 3 nitrogen and oxygen atoms in total. The van der Waals surface area contributed by atoms with E-state index in [1.54, 1.807) is 0 Å². The number of ether oxygens (including phenoxy) is 1. The fourth-order valence-corrected chi connectivity index (χ4v) is 1.63. The highest BCUT2D eigenvalue weighted by Gasteiger charge is 2.04. The summed E-state index contributed by atoms with van der Waals surface area (Å²) in [7, 11) is 1.42. The summed E-state index contributed by atoms with van der Waals surface area (Å²) in [5.74, 6) is -0.144. The second-order valence-electron chi connectivity index (χ2n) is 4.27. The molecule has 17 heavy (non-hydrogen) atoms. The summed E-state index contributed by atoms with van der Waals surface area (Å²) in [6.45, 7) is 5.03. The van der Waals surface area contributed by atoms with E-state index < -0.39 is 0 Å². The summed E-state index contributed by atoms with van der Waals surface area (Å²) in [6.07, 6.45) is 1.28. The van der Waals surface area contributed by atoms with E-state index in [9.17, 15) is 4.79 Å². The number of rotatable bonds is 6. The maximum Gasteiger partial charge on any atom is 0.305 e. The van der Waals surface area contributed by atoms with Gasteiger partial charge in [-0.05, 0) is 32.4 Å². The summed E-state index contributed by atoms with van der Waals surface area (Å²) in [6, 6.07) is 8.80. The SMILES string of the molecule is COC(=O)CCCN[C@H](C)c1ccc(C)cc1. The number of hydrogen-bond donors (Lipinski definition) is 1. The number of hydrogen-bond acceptors (Lipinski definition) is 3. The molecule has 0 aliphatic heterocycles. The number of benzene rings is 1. The van der Waals surface area contributed by atoms with Crippen molar-refractivity contribution in [3.05, 3.63) is 35.4 Å². The quantitative estimate of drug-likeness (QED) is 0.608. The van der Waals surface area contributed by atoms with Gasteiger partial charge in [0.25, 0.3) is 0 Å². The smallest absolute Gasteiger partial charge is 0.305 e. The normalized spacial score (nSPS) is 12.2. The van der Waals surface area contributed by atoms with E-state index >= 15 is 0 Å². The van der Waals surface area contributed by atoms with Gasteiger partial charge >= 0.3 is 5.97 Å².